The molecule has 16 heavy (non-hydrogen) atoms. The van der Waals surface area contributed by atoms with Crippen molar-refractivity contribution in [1.29, 1.82) is 0 Å². The molecule has 0 saturated carbocycles. The lowest BCUT2D eigenvalue weighted by molar-refractivity contribution is 0.544. The van der Waals surface area contributed by atoms with Gasteiger partial charge in [0, 0.05) is 18.2 Å². The highest BCUT2D eigenvalue weighted by atomic mass is 16.1. The van der Waals surface area contributed by atoms with Crippen molar-refractivity contribution in [2.45, 2.75) is 39.7 Å². The van der Waals surface area contributed by atoms with Gasteiger partial charge in [-0.05, 0) is 13.0 Å². The van der Waals surface area contributed by atoms with Crippen molar-refractivity contribution in [1.82, 2.24) is 14.5 Å². The van der Waals surface area contributed by atoms with Crippen LogP contribution in [0.5, 0.6) is 0 Å². The van der Waals surface area contributed by atoms with Gasteiger partial charge in [0.05, 0.1) is 5.39 Å². The Kier molecular flexibility index (Phi) is 2.37. The van der Waals surface area contributed by atoms with E-state index < -0.39 is 0 Å². The number of nitrogens with zero attached hydrogens (tertiary/aromatic N) is 2. The van der Waals surface area contributed by atoms with E-state index >= 15 is 0 Å². The summed E-state index contributed by atoms with van der Waals surface area (Å²) in [4.78, 5) is 19.3. The van der Waals surface area contributed by atoms with E-state index in [1.807, 2.05) is 44.5 Å². The minimum absolute atomic E-state index is 0.0536. The molecule has 0 aromatic carbocycles. The molecule has 0 aliphatic heterocycles. The van der Waals surface area contributed by atoms with Crippen molar-refractivity contribution in [3.8, 4) is 0 Å². The lowest BCUT2D eigenvalue weighted by Gasteiger charge is -2.17. The molecule has 2 rings (SSSR count). The molecule has 0 fully saturated rings. The third-order valence-corrected chi connectivity index (χ3v) is 2.68. The van der Waals surface area contributed by atoms with Crippen molar-refractivity contribution in [3.63, 3.8) is 0 Å². The van der Waals surface area contributed by atoms with Crippen LogP contribution in [0.3, 0.4) is 0 Å². The second kappa shape index (κ2) is 3.47. The van der Waals surface area contributed by atoms with Gasteiger partial charge in [-0.25, -0.2) is 4.98 Å². The normalized spacial score (nSPS) is 12.2. The number of aromatic nitrogens is 3. The summed E-state index contributed by atoms with van der Waals surface area (Å²) in [5.74, 6) is 0.735. The molecule has 1 N–H and O–H groups in total. The molecular weight excluding hydrogens is 202 g/mol. The third-order valence-electron chi connectivity index (χ3n) is 2.68. The Bertz CT molecular complexity index is 572. The first-order chi connectivity index (χ1) is 7.43. The van der Waals surface area contributed by atoms with Gasteiger partial charge in [0.1, 0.15) is 11.5 Å². The fourth-order valence-electron chi connectivity index (χ4n) is 1.69. The summed E-state index contributed by atoms with van der Waals surface area (Å²) in [5.41, 5.74) is 0.578. The zero-order valence-corrected chi connectivity index (χ0v) is 10.2. The van der Waals surface area contributed by atoms with Gasteiger partial charge in [-0.3, -0.25) is 4.79 Å². The molecule has 2 heterocycles. The number of nitrogens with one attached hydrogen (secondary N) is 1. The fourth-order valence-corrected chi connectivity index (χ4v) is 1.69. The van der Waals surface area contributed by atoms with Gasteiger partial charge in [-0.1, -0.05) is 20.8 Å². The predicted molar refractivity (Wildman–Crippen MR) is 64.7 cm³/mol. The Hall–Kier alpha value is -1.58. The second-order valence-electron chi connectivity index (χ2n) is 5.00. The Morgan fingerprint density at radius 2 is 2.12 bits per heavy atom. The number of fused-ring (bicyclic) bond motifs is 1. The van der Waals surface area contributed by atoms with Crippen LogP contribution in [0, 0.1) is 0 Å². The zero-order valence-electron chi connectivity index (χ0n) is 10.2. The molecule has 0 saturated heterocycles. The van der Waals surface area contributed by atoms with Crippen LogP contribution in [0.4, 0.5) is 0 Å². The first kappa shape index (κ1) is 10.9. The number of aromatic amines is 1. The fraction of sp³-hybridized carbons (Fsp3) is 0.500. The van der Waals surface area contributed by atoms with Crippen LogP contribution in [0.1, 0.15) is 33.5 Å². The molecule has 0 amide bonds. The average molecular weight is 219 g/mol. The molecule has 0 radical (unpaired) electrons. The van der Waals surface area contributed by atoms with Crippen molar-refractivity contribution in [2.24, 2.45) is 0 Å². The maximum Gasteiger partial charge on any atom is 0.260 e. The molecule has 0 unspecified atom stereocenters. The third kappa shape index (κ3) is 1.64. The smallest absolute Gasteiger partial charge is 0.260 e. The Morgan fingerprint density at radius 1 is 1.44 bits per heavy atom. The van der Waals surface area contributed by atoms with Gasteiger partial charge >= 0.3 is 0 Å². The molecule has 0 bridgehead atoms. The van der Waals surface area contributed by atoms with Gasteiger partial charge in [-0.15, -0.1) is 0 Å². The van der Waals surface area contributed by atoms with Crippen LogP contribution in [0.2, 0.25) is 0 Å². The first-order valence-corrected chi connectivity index (χ1v) is 5.53. The summed E-state index contributed by atoms with van der Waals surface area (Å²) in [7, 11) is 0. The molecule has 0 aliphatic rings. The highest BCUT2D eigenvalue weighted by Gasteiger charge is 2.18. The van der Waals surface area contributed by atoms with Gasteiger partial charge in [0.25, 0.3) is 5.56 Å². The number of rotatable bonds is 1. The summed E-state index contributed by atoms with van der Waals surface area (Å²) < 4.78 is 1.99. The molecule has 0 aliphatic carbocycles. The van der Waals surface area contributed by atoms with E-state index in [2.05, 4.69) is 9.97 Å². The van der Waals surface area contributed by atoms with E-state index in [-0.39, 0.29) is 11.0 Å². The highest BCUT2D eigenvalue weighted by molar-refractivity contribution is 5.74. The van der Waals surface area contributed by atoms with Crippen LogP contribution >= 0.6 is 0 Å². The lowest BCUT2D eigenvalue weighted by Crippen LogP contribution is -2.22. The molecule has 2 aromatic heterocycles. The quantitative estimate of drug-likeness (QED) is 0.798. The summed E-state index contributed by atoms with van der Waals surface area (Å²) in [6, 6.07) is 1.82. The summed E-state index contributed by atoms with van der Waals surface area (Å²) in [6.45, 7) is 8.98. The van der Waals surface area contributed by atoms with Crippen LogP contribution in [0.15, 0.2) is 17.1 Å². The minimum Gasteiger partial charge on any atom is -0.333 e. The minimum atomic E-state index is -0.143. The standard InChI is InChI=1S/C12H17N3O/c1-5-15-7-6-8-9(15)13-11(12(2,3)4)14-10(8)16/h6-7H,5H2,1-4H3,(H,13,14,16). The molecule has 0 spiro atoms. The molecule has 0 atom stereocenters. The van der Waals surface area contributed by atoms with Crippen LogP contribution in [-0.2, 0) is 12.0 Å². The van der Waals surface area contributed by atoms with E-state index in [0.29, 0.717) is 5.39 Å². The Morgan fingerprint density at radius 3 is 2.69 bits per heavy atom. The maximum atomic E-state index is 11.9. The predicted octanol–water partition coefficient (Wildman–Crippen LogP) is 2.04. The molecule has 4 nitrogen and oxygen atoms in total. The van der Waals surface area contributed by atoms with Gasteiger partial charge < -0.3 is 9.55 Å². The van der Waals surface area contributed by atoms with Crippen LogP contribution in [-0.4, -0.2) is 14.5 Å². The molecule has 86 valence electrons. The number of hydrogen-bond donors (Lipinski definition) is 1. The van der Waals surface area contributed by atoms with E-state index in [0.717, 1.165) is 18.0 Å². The van der Waals surface area contributed by atoms with Crippen molar-refractivity contribution in [3.05, 3.63) is 28.4 Å². The van der Waals surface area contributed by atoms with E-state index in [4.69, 9.17) is 0 Å². The maximum absolute atomic E-state index is 11.9. The lowest BCUT2D eigenvalue weighted by atomic mass is 9.96. The Balaban J connectivity index is 2.78. The van der Waals surface area contributed by atoms with Crippen molar-refractivity contribution >= 4 is 11.0 Å². The zero-order chi connectivity index (χ0) is 11.9. The summed E-state index contributed by atoms with van der Waals surface area (Å²) in [5, 5.41) is 0.662. The van der Waals surface area contributed by atoms with Gasteiger partial charge in [0.15, 0.2) is 0 Å². The van der Waals surface area contributed by atoms with Crippen LogP contribution in [0.25, 0.3) is 11.0 Å². The first-order valence-electron chi connectivity index (χ1n) is 5.53. The number of hydrogen-bond acceptors (Lipinski definition) is 2. The molecular formula is C12H17N3O. The second-order valence-corrected chi connectivity index (χ2v) is 5.00. The number of H-pyrrole nitrogens is 1. The van der Waals surface area contributed by atoms with Crippen molar-refractivity contribution < 1.29 is 0 Å². The van der Waals surface area contributed by atoms with Gasteiger partial charge in [-0.2, -0.15) is 0 Å². The summed E-state index contributed by atoms with van der Waals surface area (Å²) in [6.07, 6.45) is 1.90. The Labute approximate surface area is 94.3 Å². The largest absolute Gasteiger partial charge is 0.333 e. The van der Waals surface area contributed by atoms with Crippen LogP contribution < -0.4 is 5.56 Å². The van der Waals surface area contributed by atoms with E-state index in [1.54, 1.807) is 0 Å². The molecule has 4 heteroatoms. The SMILES string of the molecule is CCn1ccc2c(=O)[nH]c(C(C)(C)C)nc21. The van der Waals surface area contributed by atoms with E-state index in [9.17, 15) is 4.79 Å². The highest BCUT2D eigenvalue weighted by Crippen LogP contribution is 2.19. The summed E-state index contributed by atoms with van der Waals surface area (Å²) >= 11 is 0. The number of aryl methyl sites for hydroxylation is 1. The monoisotopic (exact) mass is 219 g/mol. The van der Waals surface area contributed by atoms with Crippen molar-refractivity contribution in [2.75, 3.05) is 0 Å². The molecule has 2 aromatic rings. The van der Waals surface area contributed by atoms with Gasteiger partial charge in [0.2, 0.25) is 0 Å². The average Bonchev–Trinajstić information content (AvgIpc) is 2.59. The van der Waals surface area contributed by atoms with E-state index in [1.165, 1.54) is 0 Å². The topological polar surface area (TPSA) is 50.7 Å².